The molecule has 3 aliphatic rings. The molecule has 0 N–H and O–H groups in total. The van der Waals surface area contributed by atoms with Gasteiger partial charge in [-0.25, -0.2) is 4.79 Å². The summed E-state index contributed by atoms with van der Waals surface area (Å²) in [5, 5.41) is 0. The highest BCUT2D eigenvalue weighted by molar-refractivity contribution is 5.91. The summed E-state index contributed by atoms with van der Waals surface area (Å²) in [6.07, 6.45) is -9.61. The van der Waals surface area contributed by atoms with Gasteiger partial charge in [0.1, 0.15) is 55.4 Å². The van der Waals surface area contributed by atoms with E-state index in [0.717, 1.165) is 38.9 Å². The number of benzene rings is 8. The zero-order valence-electron chi connectivity index (χ0n) is 45.5. The van der Waals surface area contributed by atoms with Gasteiger partial charge < -0.3 is 56.8 Å². The number of carbonyl (C=O) groups excluding carboxylic acids is 1. The number of hydrogen-bond donors (Lipinski definition) is 0. The Hall–Kier alpha value is -7.21. The molecule has 422 valence electrons. The molecule has 11 rings (SSSR count). The van der Waals surface area contributed by atoms with E-state index in [1.54, 1.807) is 12.1 Å². The van der Waals surface area contributed by atoms with Gasteiger partial charge in [-0.1, -0.05) is 231 Å². The molecule has 13 heteroatoms. The second-order valence-electron chi connectivity index (χ2n) is 20.4. The van der Waals surface area contributed by atoms with Gasteiger partial charge in [0.15, 0.2) is 18.9 Å². The van der Waals surface area contributed by atoms with Crippen molar-refractivity contribution in [3.63, 3.8) is 0 Å². The molecule has 3 saturated heterocycles. The van der Waals surface area contributed by atoms with E-state index >= 15 is 0 Å². The molecule has 11 atom stereocenters. The fraction of sp³-hybridized carbons (Fsp3) is 0.290. The third-order valence-electron chi connectivity index (χ3n) is 14.6. The monoisotopic (exact) mass is 1100 g/mol. The van der Waals surface area contributed by atoms with Gasteiger partial charge in [-0.3, -0.25) is 0 Å². The van der Waals surface area contributed by atoms with E-state index < -0.39 is 73.7 Å². The van der Waals surface area contributed by atoms with E-state index in [1.807, 2.05) is 224 Å². The molecule has 0 amide bonds. The molecule has 3 aliphatic heterocycles. The molecule has 3 fully saturated rings. The third kappa shape index (κ3) is 15.3. The summed E-state index contributed by atoms with van der Waals surface area (Å²) >= 11 is 0. The van der Waals surface area contributed by atoms with Crippen LogP contribution in [0.1, 0.15) is 61.2 Å². The third-order valence-corrected chi connectivity index (χ3v) is 14.6. The molecule has 0 aromatic heterocycles. The molecule has 0 bridgehead atoms. The topological polar surface area (TPSA) is 128 Å². The van der Waals surface area contributed by atoms with E-state index in [0.29, 0.717) is 17.7 Å². The van der Waals surface area contributed by atoms with Crippen molar-refractivity contribution in [3.05, 3.63) is 287 Å². The molecule has 0 aliphatic carbocycles. The van der Waals surface area contributed by atoms with Crippen molar-refractivity contribution in [2.24, 2.45) is 0 Å². The van der Waals surface area contributed by atoms with Crippen LogP contribution in [0.15, 0.2) is 237 Å². The Morgan fingerprint density at radius 2 is 0.902 bits per heavy atom. The Morgan fingerprint density at radius 1 is 0.427 bits per heavy atom. The molecule has 3 heterocycles. The van der Waals surface area contributed by atoms with Crippen LogP contribution >= 0.6 is 0 Å². The maximum Gasteiger partial charge on any atom is 0.338 e. The second-order valence-corrected chi connectivity index (χ2v) is 20.4. The number of fused-ring (bicyclic) bond motifs is 1. The van der Waals surface area contributed by atoms with Crippen molar-refractivity contribution in [1.29, 1.82) is 0 Å². The van der Waals surface area contributed by atoms with Crippen molar-refractivity contribution in [1.82, 2.24) is 0 Å². The molecule has 0 spiro atoms. The van der Waals surface area contributed by atoms with Gasteiger partial charge in [-0.05, 0) is 45.0 Å². The molecule has 0 radical (unpaired) electrons. The molecule has 1 unspecified atom stereocenters. The van der Waals surface area contributed by atoms with Crippen molar-refractivity contribution in [2.75, 3.05) is 13.2 Å². The number of carbonyl (C=O) groups is 1. The van der Waals surface area contributed by atoms with Crippen LogP contribution in [0.25, 0.3) is 0 Å². The first-order chi connectivity index (χ1) is 40.6. The van der Waals surface area contributed by atoms with Crippen LogP contribution in [0, 0.1) is 0 Å². The number of rotatable bonds is 26. The van der Waals surface area contributed by atoms with Crippen molar-refractivity contribution >= 4 is 5.97 Å². The first-order valence-electron chi connectivity index (χ1n) is 28.0. The van der Waals surface area contributed by atoms with Crippen LogP contribution in [0.2, 0.25) is 0 Å². The van der Waals surface area contributed by atoms with Gasteiger partial charge in [-0.15, -0.1) is 0 Å². The lowest BCUT2D eigenvalue weighted by Gasteiger charge is -2.49. The van der Waals surface area contributed by atoms with Crippen LogP contribution in [0.4, 0.5) is 0 Å². The molecular formula is C69H68O13. The average molecular weight is 1110 g/mol. The van der Waals surface area contributed by atoms with Gasteiger partial charge in [-0.2, -0.15) is 0 Å². The van der Waals surface area contributed by atoms with E-state index in [4.69, 9.17) is 56.8 Å². The van der Waals surface area contributed by atoms with Crippen LogP contribution in [0.5, 0.6) is 0 Å². The lowest BCUT2D eigenvalue weighted by atomic mass is 9.96. The fourth-order valence-corrected chi connectivity index (χ4v) is 10.4. The van der Waals surface area contributed by atoms with E-state index in [9.17, 15) is 4.79 Å². The highest BCUT2D eigenvalue weighted by Crippen LogP contribution is 2.41. The van der Waals surface area contributed by atoms with E-state index in [2.05, 4.69) is 0 Å². The van der Waals surface area contributed by atoms with Gasteiger partial charge in [0.2, 0.25) is 0 Å². The Kier molecular flexibility index (Phi) is 20.1. The summed E-state index contributed by atoms with van der Waals surface area (Å²) in [6.45, 7) is 1.54. The highest BCUT2D eigenvalue weighted by atomic mass is 16.8. The summed E-state index contributed by atoms with van der Waals surface area (Å²) in [6, 6.07) is 76.5. The largest absolute Gasteiger partial charge is 0.457 e. The summed E-state index contributed by atoms with van der Waals surface area (Å²) in [5.41, 5.74) is 7.44. The smallest absolute Gasteiger partial charge is 0.338 e. The number of ether oxygens (including phenoxy) is 12. The number of hydrogen-bond acceptors (Lipinski definition) is 13. The molecule has 13 nitrogen and oxygen atoms in total. The Labute approximate surface area is 479 Å². The maximum absolute atomic E-state index is 13.9. The molecule has 8 aromatic carbocycles. The SMILES string of the molecule is O=C(OCc1ccccc1)c1ccccc1CO[C@H]1O[C@@H]2COC(c3ccccc3)O[C@H]2[C@H](OCc2ccccc2)[C@@H]1O[C@H]1O[C@@H]([C@@H](COCc2ccccc2)OCc2ccccc2)[C@H](OCc2ccccc2)[C@H]1OCc1ccccc1. The molecule has 0 saturated carbocycles. The minimum atomic E-state index is -1.16. The number of esters is 1. The van der Waals surface area contributed by atoms with Crippen LogP contribution < -0.4 is 0 Å². The minimum absolute atomic E-state index is 0.0721. The lowest BCUT2D eigenvalue weighted by Crippen LogP contribution is -2.64. The van der Waals surface area contributed by atoms with Gasteiger partial charge >= 0.3 is 5.97 Å². The summed E-state index contributed by atoms with van der Waals surface area (Å²) < 4.78 is 82.6. The first kappa shape index (κ1) is 56.6. The Morgan fingerprint density at radius 3 is 1.48 bits per heavy atom. The zero-order chi connectivity index (χ0) is 55.6. The normalized spacial score (nSPS) is 23.6. The molecule has 82 heavy (non-hydrogen) atoms. The predicted molar refractivity (Wildman–Crippen MR) is 305 cm³/mol. The predicted octanol–water partition coefficient (Wildman–Crippen LogP) is 12.1. The lowest BCUT2D eigenvalue weighted by molar-refractivity contribution is -0.387. The fourth-order valence-electron chi connectivity index (χ4n) is 10.4. The molecule has 8 aromatic rings. The van der Waals surface area contributed by atoms with E-state index in [-0.39, 0.29) is 52.9 Å². The summed E-state index contributed by atoms with van der Waals surface area (Å²) in [4.78, 5) is 13.9. The van der Waals surface area contributed by atoms with Crippen LogP contribution in [-0.2, 0) is 103 Å². The van der Waals surface area contributed by atoms with Crippen LogP contribution in [-0.4, -0.2) is 80.6 Å². The highest BCUT2D eigenvalue weighted by Gasteiger charge is 2.57. The summed E-state index contributed by atoms with van der Waals surface area (Å²) in [5.74, 6) is -0.493. The van der Waals surface area contributed by atoms with Crippen molar-refractivity contribution in [3.8, 4) is 0 Å². The minimum Gasteiger partial charge on any atom is -0.457 e. The second kappa shape index (κ2) is 29.2. The van der Waals surface area contributed by atoms with E-state index in [1.165, 1.54) is 0 Å². The molecular weight excluding hydrogens is 1040 g/mol. The first-order valence-corrected chi connectivity index (χ1v) is 28.0. The quantitative estimate of drug-likeness (QED) is 0.0478. The Balaban J connectivity index is 0.964. The Bertz CT molecular complexity index is 3130. The van der Waals surface area contributed by atoms with Gasteiger partial charge in [0.25, 0.3) is 0 Å². The zero-order valence-corrected chi connectivity index (χ0v) is 45.5. The standard InChI is InChI=1S/C69H68O13/c70-66(76-45-54-34-18-6-19-35-54)57-39-23-22-38-56(57)46-77-68-65(63(74-43-52-30-14-4-15-31-52)61-59(79-68)48-78-67(80-61)55-36-20-7-21-37-55)82-69-64(75-44-53-32-16-5-17-33-53)62(73-42-51-28-12-3-13-29-51)60(81-69)58(72-41-50-26-10-2-11-27-50)47-71-40-49-24-8-1-9-25-49/h1-39,58-65,67-69H,40-48H2/t58-,59-,60+,61-,62+,63+,64-,65+,67?,68+,69-/m1/s1. The van der Waals surface area contributed by atoms with Crippen molar-refractivity contribution in [2.45, 2.75) is 114 Å². The maximum atomic E-state index is 13.9. The van der Waals surface area contributed by atoms with Gasteiger partial charge in [0, 0.05) is 5.56 Å². The average Bonchev–Trinajstić information content (AvgIpc) is 3.94. The summed E-state index contributed by atoms with van der Waals surface area (Å²) in [7, 11) is 0. The van der Waals surface area contributed by atoms with Gasteiger partial charge in [0.05, 0.1) is 58.4 Å². The van der Waals surface area contributed by atoms with Crippen LogP contribution in [0.3, 0.4) is 0 Å². The van der Waals surface area contributed by atoms with Crippen molar-refractivity contribution < 1.29 is 61.6 Å².